The Morgan fingerprint density at radius 1 is 1.22 bits per heavy atom. The lowest BCUT2D eigenvalue weighted by atomic mass is 10.2. The Labute approximate surface area is 58.3 Å². The van der Waals surface area contributed by atoms with Gasteiger partial charge in [-0.2, -0.15) is 0 Å². The molecule has 0 unspecified atom stereocenters. The molecule has 0 aliphatic heterocycles. The molecule has 0 N–H and O–H groups in total. The third-order valence-electron chi connectivity index (χ3n) is 1.22. The van der Waals surface area contributed by atoms with Crippen LogP contribution in [0.15, 0.2) is 24.3 Å². The van der Waals surface area contributed by atoms with E-state index in [0.717, 1.165) is 15.8 Å². The lowest BCUT2D eigenvalue weighted by Crippen LogP contribution is -1.98. The van der Waals surface area contributed by atoms with Gasteiger partial charge in [0.25, 0.3) is 0 Å². The first-order chi connectivity index (χ1) is 4.33. The summed E-state index contributed by atoms with van der Waals surface area (Å²) in [6.45, 7) is 0. The van der Waals surface area contributed by atoms with Crippen molar-refractivity contribution in [1.29, 1.82) is 0 Å². The van der Waals surface area contributed by atoms with E-state index in [1.807, 2.05) is 12.1 Å². The number of hydrogen-bond donors (Lipinski definition) is 0. The highest BCUT2D eigenvalue weighted by Crippen LogP contribution is 1.91. The average Bonchev–Trinajstić information content (AvgIpc) is 1.90. The first kappa shape index (κ1) is 6.12. The van der Waals surface area contributed by atoms with Crippen LogP contribution in [0.2, 0.25) is 0 Å². The Kier molecular flexibility index (Phi) is 1.71. The number of rotatable bonds is 0. The van der Waals surface area contributed by atoms with Crippen LogP contribution in [0.5, 0.6) is 0 Å². The Bertz CT molecular complexity index is 228. The van der Waals surface area contributed by atoms with Gasteiger partial charge in [0.15, 0.2) is 0 Å². The molecule has 0 amide bonds. The fourth-order valence-corrected chi connectivity index (χ4v) is 0.983. The second-order valence-electron chi connectivity index (χ2n) is 2.01. The Morgan fingerprint density at radius 2 is 1.78 bits per heavy atom. The van der Waals surface area contributed by atoms with Crippen molar-refractivity contribution in [2.45, 2.75) is 0 Å². The van der Waals surface area contributed by atoms with E-state index in [4.69, 9.17) is 6.42 Å². The zero-order chi connectivity index (χ0) is 6.69. The van der Waals surface area contributed by atoms with E-state index >= 15 is 0 Å². The van der Waals surface area contributed by atoms with Gasteiger partial charge in [0.05, 0.1) is 0 Å². The summed E-state index contributed by atoms with van der Waals surface area (Å²) in [5, 5.41) is 1.38. The standard InChI is InChI=1S/C8H8Si/c1-2-7-3-5-8(9)6-4-7/h1,3-6H,9H3. The smallest absolute Gasteiger partial charge is 0.0384 e. The SMILES string of the molecule is C#Cc1ccc([SiH3])cc1. The predicted molar refractivity (Wildman–Crippen MR) is 44.0 cm³/mol. The normalized spacial score (nSPS) is 8.78. The minimum Gasteiger partial charge on any atom is -0.115 e. The van der Waals surface area contributed by atoms with Gasteiger partial charge in [-0.25, -0.2) is 0 Å². The van der Waals surface area contributed by atoms with Crippen LogP contribution in [0, 0.1) is 12.3 Å². The van der Waals surface area contributed by atoms with Gasteiger partial charge in [-0.05, 0) is 12.1 Å². The maximum atomic E-state index is 5.16. The van der Waals surface area contributed by atoms with Crippen LogP contribution in [0.3, 0.4) is 0 Å². The molecule has 1 heteroatoms. The molecule has 0 saturated heterocycles. The summed E-state index contributed by atoms with van der Waals surface area (Å²) >= 11 is 0. The van der Waals surface area contributed by atoms with Crippen LogP contribution in [-0.2, 0) is 0 Å². The first-order valence-corrected chi connectivity index (χ1v) is 3.86. The van der Waals surface area contributed by atoms with Gasteiger partial charge >= 0.3 is 0 Å². The van der Waals surface area contributed by atoms with E-state index in [9.17, 15) is 0 Å². The highest BCUT2D eigenvalue weighted by molar-refractivity contribution is 6.32. The van der Waals surface area contributed by atoms with Crippen molar-refractivity contribution < 1.29 is 0 Å². The maximum absolute atomic E-state index is 5.16. The molecule has 9 heavy (non-hydrogen) atoms. The van der Waals surface area contributed by atoms with Crippen LogP contribution in [0.1, 0.15) is 5.56 Å². The maximum Gasteiger partial charge on any atom is 0.0384 e. The lowest BCUT2D eigenvalue weighted by molar-refractivity contribution is 1.69. The van der Waals surface area contributed by atoms with Gasteiger partial charge in [-0.1, -0.05) is 23.2 Å². The van der Waals surface area contributed by atoms with Crippen molar-refractivity contribution in [3.05, 3.63) is 29.8 Å². The summed E-state index contributed by atoms with van der Waals surface area (Å²) in [6.07, 6.45) is 5.16. The number of benzene rings is 1. The van der Waals surface area contributed by atoms with E-state index in [1.54, 1.807) is 0 Å². The predicted octanol–water partition coefficient (Wildman–Crippen LogP) is -0.341. The first-order valence-electron chi connectivity index (χ1n) is 2.86. The zero-order valence-corrected chi connectivity index (χ0v) is 7.39. The molecule has 0 aromatic heterocycles. The Hall–Kier alpha value is -1.00. The Balaban J connectivity index is 3.06. The molecule has 1 aromatic carbocycles. The third-order valence-corrected chi connectivity index (χ3v) is 1.88. The second-order valence-corrected chi connectivity index (χ2v) is 3.17. The molecule has 0 heterocycles. The Morgan fingerprint density at radius 3 is 2.22 bits per heavy atom. The van der Waals surface area contributed by atoms with Crippen LogP contribution >= 0.6 is 0 Å². The zero-order valence-electron chi connectivity index (χ0n) is 5.39. The van der Waals surface area contributed by atoms with Gasteiger partial charge in [-0.3, -0.25) is 0 Å². The molecule has 44 valence electrons. The molecule has 0 radical (unpaired) electrons. The molecule has 0 fully saturated rings. The van der Waals surface area contributed by atoms with Gasteiger partial charge < -0.3 is 0 Å². The minimum absolute atomic E-state index is 0.967. The summed E-state index contributed by atoms with van der Waals surface area (Å²) in [5.74, 6) is 2.57. The summed E-state index contributed by atoms with van der Waals surface area (Å²) < 4.78 is 0. The molecule has 0 atom stereocenters. The van der Waals surface area contributed by atoms with E-state index < -0.39 is 0 Å². The monoisotopic (exact) mass is 132 g/mol. The summed E-state index contributed by atoms with van der Waals surface area (Å²) in [5.41, 5.74) is 0.967. The highest BCUT2D eigenvalue weighted by atomic mass is 28.1. The summed E-state index contributed by atoms with van der Waals surface area (Å²) in [4.78, 5) is 0. The summed E-state index contributed by atoms with van der Waals surface area (Å²) in [6, 6.07) is 8.09. The van der Waals surface area contributed by atoms with Crippen molar-refractivity contribution >= 4 is 15.4 Å². The molecule has 0 nitrogen and oxygen atoms in total. The van der Waals surface area contributed by atoms with Gasteiger partial charge in [-0.15, -0.1) is 6.42 Å². The molecular weight excluding hydrogens is 124 g/mol. The van der Waals surface area contributed by atoms with E-state index in [0.29, 0.717) is 0 Å². The van der Waals surface area contributed by atoms with E-state index in [1.165, 1.54) is 5.19 Å². The largest absolute Gasteiger partial charge is 0.115 e. The topological polar surface area (TPSA) is 0 Å². The van der Waals surface area contributed by atoms with Crippen molar-refractivity contribution in [3.8, 4) is 12.3 Å². The minimum atomic E-state index is 0.967. The van der Waals surface area contributed by atoms with Crippen LogP contribution in [0.4, 0.5) is 0 Å². The van der Waals surface area contributed by atoms with Crippen LogP contribution in [0.25, 0.3) is 0 Å². The molecule has 1 rings (SSSR count). The van der Waals surface area contributed by atoms with E-state index in [-0.39, 0.29) is 0 Å². The fraction of sp³-hybridized carbons (Fsp3) is 0. The lowest BCUT2D eigenvalue weighted by Gasteiger charge is -1.89. The van der Waals surface area contributed by atoms with Gasteiger partial charge in [0.1, 0.15) is 0 Å². The highest BCUT2D eigenvalue weighted by Gasteiger charge is 1.82. The van der Waals surface area contributed by atoms with Gasteiger partial charge in [0.2, 0.25) is 0 Å². The fourth-order valence-electron chi connectivity index (χ4n) is 0.650. The molecular formula is C8H8Si. The summed E-state index contributed by atoms with van der Waals surface area (Å²) in [7, 11) is 1.11. The molecule has 0 bridgehead atoms. The van der Waals surface area contributed by atoms with Crippen molar-refractivity contribution in [2.75, 3.05) is 0 Å². The van der Waals surface area contributed by atoms with Crippen molar-refractivity contribution in [2.24, 2.45) is 0 Å². The molecule has 0 saturated carbocycles. The van der Waals surface area contributed by atoms with Crippen LogP contribution in [-0.4, -0.2) is 10.2 Å². The van der Waals surface area contributed by atoms with Crippen LogP contribution < -0.4 is 5.19 Å². The number of hydrogen-bond acceptors (Lipinski definition) is 0. The number of terminal acetylenes is 1. The molecule has 1 aromatic rings. The van der Waals surface area contributed by atoms with E-state index in [2.05, 4.69) is 18.1 Å². The third kappa shape index (κ3) is 1.44. The molecule has 0 aliphatic carbocycles. The quantitative estimate of drug-likeness (QED) is 0.334. The van der Waals surface area contributed by atoms with Crippen molar-refractivity contribution in [3.63, 3.8) is 0 Å². The molecule has 0 aliphatic rings. The average molecular weight is 132 g/mol. The van der Waals surface area contributed by atoms with Gasteiger partial charge in [0, 0.05) is 15.8 Å². The van der Waals surface area contributed by atoms with Crippen molar-refractivity contribution in [1.82, 2.24) is 0 Å². The second kappa shape index (κ2) is 2.52. The molecule has 0 spiro atoms.